The van der Waals surface area contributed by atoms with Crippen LogP contribution in [-0.4, -0.2) is 24.9 Å². The first-order valence-electron chi connectivity index (χ1n) is 5.71. The fourth-order valence-electron chi connectivity index (χ4n) is 1.39. The Balaban J connectivity index is 2.29. The zero-order valence-corrected chi connectivity index (χ0v) is 11.6. The van der Waals surface area contributed by atoms with E-state index in [2.05, 4.69) is 11.9 Å². The van der Waals surface area contributed by atoms with Crippen LogP contribution in [0.4, 0.5) is 0 Å². The largest absolute Gasteiger partial charge is 0.506 e. The Morgan fingerprint density at radius 2 is 2.11 bits per heavy atom. The van der Waals surface area contributed by atoms with E-state index < -0.39 is 0 Å². The number of hydrogen-bond donors (Lipinski definition) is 2. The summed E-state index contributed by atoms with van der Waals surface area (Å²) in [7, 11) is 0. The molecular weight excluding hydrogens is 273 g/mol. The van der Waals surface area contributed by atoms with E-state index in [9.17, 15) is 5.11 Å². The highest BCUT2D eigenvalue weighted by Crippen LogP contribution is 2.30. The molecule has 0 aliphatic carbocycles. The Bertz CT molecular complexity index is 397. The number of phenols is 1. The molecule has 0 aliphatic rings. The summed E-state index contributed by atoms with van der Waals surface area (Å²) in [5, 5.41) is 13.6. The smallest absolute Gasteiger partial charge is 0.138 e. The Morgan fingerprint density at radius 3 is 2.83 bits per heavy atom. The third-order valence-corrected chi connectivity index (χ3v) is 2.82. The van der Waals surface area contributed by atoms with Crippen LogP contribution in [-0.2, 0) is 11.3 Å². The highest BCUT2D eigenvalue weighted by atomic mass is 35.5. The monoisotopic (exact) mass is 289 g/mol. The molecule has 2 N–H and O–H groups in total. The van der Waals surface area contributed by atoms with E-state index in [1.165, 1.54) is 6.07 Å². The predicted octanol–water partition coefficient (Wildman–Crippen LogP) is 3.38. The standard InChI is InChI=1S/C13H17Cl2NO2/c1-2-3-5-18-6-4-16-9-10-7-11(14)8-12(15)13(10)17/h2,7-8,16-17H,1,3-6,9H2. The topological polar surface area (TPSA) is 41.5 Å². The lowest BCUT2D eigenvalue weighted by Crippen LogP contribution is -2.19. The first kappa shape index (κ1) is 15.3. The van der Waals surface area contributed by atoms with Crippen molar-refractivity contribution in [1.29, 1.82) is 0 Å². The van der Waals surface area contributed by atoms with Crippen LogP contribution in [0.1, 0.15) is 12.0 Å². The fraction of sp³-hybridized carbons (Fsp3) is 0.385. The minimum Gasteiger partial charge on any atom is -0.506 e. The molecule has 18 heavy (non-hydrogen) atoms. The van der Waals surface area contributed by atoms with Crippen molar-refractivity contribution in [3.63, 3.8) is 0 Å². The Labute approximate surface area is 117 Å². The van der Waals surface area contributed by atoms with E-state index in [1.54, 1.807) is 6.07 Å². The summed E-state index contributed by atoms with van der Waals surface area (Å²) in [4.78, 5) is 0. The van der Waals surface area contributed by atoms with Gasteiger partial charge in [0, 0.05) is 23.7 Å². The second-order valence-electron chi connectivity index (χ2n) is 3.76. The van der Waals surface area contributed by atoms with Crippen molar-refractivity contribution in [1.82, 2.24) is 5.32 Å². The summed E-state index contributed by atoms with van der Waals surface area (Å²) in [5.41, 5.74) is 0.679. The molecule has 0 atom stereocenters. The maximum atomic E-state index is 9.72. The van der Waals surface area contributed by atoms with E-state index in [4.69, 9.17) is 27.9 Å². The molecule has 0 saturated carbocycles. The summed E-state index contributed by atoms with van der Waals surface area (Å²) in [6.07, 6.45) is 2.67. The van der Waals surface area contributed by atoms with Gasteiger partial charge in [0.05, 0.1) is 18.2 Å². The summed E-state index contributed by atoms with van der Waals surface area (Å²) in [6, 6.07) is 3.20. The Kier molecular flexibility index (Phi) is 7.13. The maximum absolute atomic E-state index is 9.72. The van der Waals surface area contributed by atoms with Crippen LogP contribution >= 0.6 is 23.2 Å². The van der Waals surface area contributed by atoms with Gasteiger partial charge in [-0.05, 0) is 18.6 Å². The predicted molar refractivity (Wildman–Crippen MR) is 75.5 cm³/mol. The minimum absolute atomic E-state index is 0.0705. The molecule has 5 heteroatoms. The van der Waals surface area contributed by atoms with Gasteiger partial charge in [0.15, 0.2) is 0 Å². The number of ether oxygens (including phenoxy) is 1. The van der Waals surface area contributed by atoms with Crippen LogP contribution in [0.2, 0.25) is 10.0 Å². The second kappa shape index (κ2) is 8.38. The number of aromatic hydroxyl groups is 1. The van der Waals surface area contributed by atoms with Crippen molar-refractivity contribution in [3.8, 4) is 5.75 Å². The molecule has 0 aromatic heterocycles. The molecule has 0 saturated heterocycles. The first-order valence-corrected chi connectivity index (χ1v) is 6.47. The summed E-state index contributed by atoms with van der Waals surface area (Å²) >= 11 is 11.7. The average molecular weight is 290 g/mol. The number of nitrogens with one attached hydrogen (secondary N) is 1. The van der Waals surface area contributed by atoms with Crippen molar-refractivity contribution in [2.24, 2.45) is 0 Å². The summed E-state index contributed by atoms with van der Waals surface area (Å²) < 4.78 is 5.34. The SMILES string of the molecule is C=CCCOCCNCc1cc(Cl)cc(Cl)c1O. The molecule has 0 heterocycles. The fourth-order valence-corrected chi connectivity index (χ4v) is 1.93. The molecule has 0 spiro atoms. The van der Waals surface area contributed by atoms with Gasteiger partial charge in [-0.3, -0.25) is 0 Å². The van der Waals surface area contributed by atoms with E-state index >= 15 is 0 Å². The van der Waals surface area contributed by atoms with Crippen molar-refractivity contribution >= 4 is 23.2 Å². The molecule has 0 bridgehead atoms. The third kappa shape index (κ3) is 5.27. The van der Waals surface area contributed by atoms with E-state index in [1.807, 2.05) is 6.08 Å². The lowest BCUT2D eigenvalue weighted by atomic mass is 10.2. The highest BCUT2D eigenvalue weighted by molar-refractivity contribution is 6.35. The van der Waals surface area contributed by atoms with Gasteiger partial charge in [0.2, 0.25) is 0 Å². The van der Waals surface area contributed by atoms with Gasteiger partial charge in [-0.2, -0.15) is 0 Å². The molecule has 0 fully saturated rings. The average Bonchev–Trinajstić information content (AvgIpc) is 2.33. The normalized spacial score (nSPS) is 10.6. The van der Waals surface area contributed by atoms with Gasteiger partial charge < -0.3 is 15.2 Å². The lowest BCUT2D eigenvalue weighted by Gasteiger charge is -2.09. The second-order valence-corrected chi connectivity index (χ2v) is 4.61. The Morgan fingerprint density at radius 1 is 1.33 bits per heavy atom. The molecule has 1 aromatic rings. The highest BCUT2D eigenvalue weighted by Gasteiger charge is 2.07. The van der Waals surface area contributed by atoms with Crippen molar-refractivity contribution < 1.29 is 9.84 Å². The van der Waals surface area contributed by atoms with Gasteiger partial charge in [0.1, 0.15) is 5.75 Å². The minimum atomic E-state index is 0.0705. The molecule has 0 amide bonds. The molecular formula is C13H17Cl2NO2. The molecule has 100 valence electrons. The van der Waals surface area contributed by atoms with Crippen molar-refractivity contribution in [2.45, 2.75) is 13.0 Å². The van der Waals surface area contributed by atoms with Gasteiger partial charge in [-0.1, -0.05) is 29.3 Å². The van der Waals surface area contributed by atoms with Crippen LogP contribution in [0, 0.1) is 0 Å². The summed E-state index contributed by atoms with van der Waals surface area (Å²) in [6.45, 7) is 6.10. The molecule has 3 nitrogen and oxygen atoms in total. The van der Waals surface area contributed by atoms with Crippen molar-refractivity contribution in [2.75, 3.05) is 19.8 Å². The van der Waals surface area contributed by atoms with Gasteiger partial charge in [-0.25, -0.2) is 0 Å². The number of hydrogen-bond acceptors (Lipinski definition) is 3. The van der Waals surface area contributed by atoms with Gasteiger partial charge in [0.25, 0.3) is 0 Å². The van der Waals surface area contributed by atoms with Crippen LogP contribution in [0.15, 0.2) is 24.8 Å². The molecule has 0 unspecified atom stereocenters. The third-order valence-electron chi connectivity index (χ3n) is 2.31. The number of phenolic OH excluding ortho intramolecular Hbond substituents is 1. The van der Waals surface area contributed by atoms with Crippen LogP contribution in [0.25, 0.3) is 0 Å². The molecule has 0 aliphatic heterocycles. The number of halogens is 2. The number of benzene rings is 1. The summed E-state index contributed by atoms with van der Waals surface area (Å²) in [5.74, 6) is 0.0705. The van der Waals surface area contributed by atoms with Crippen LogP contribution < -0.4 is 5.32 Å². The van der Waals surface area contributed by atoms with Crippen LogP contribution in [0.5, 0.6) is 5.75 Å². The van der Waals surface area contributed by atoms with E-state index in [-0.39, 0.29) is 10.8 Å². The molecule has 1 aromatic carbocycles. The van der Waals surface area contributed by atoms with Gasteiger partial charge in [-0.15, -0.1) is 6.58 Å². The Hall–Kier alpha value is -0.740. The van der Waals surface area contributed by atoms with Crippen LogP contribution in [0.3, 0.4) is 0 Å². The van der Waals surface area contributed by atoms with Gasteiger partial charge >= 0.3 is 0 Å². The quantitative estimate of drug-likeness (QED) is 0.569. The van der Waals surface area contributed by atoms with E-state index in [0.29, 0.717) is 36.9 Å². The van der Waals surface area contributed by atoms with E-state index in [0.717, 1.165) is 6.42 Å². The number of rotatable bonds is 8. The molecule has 1 rings (SSSR count). The van der Waals surface area contributed by atoms with Crippen molar-refractivity contribution in [3.05, 3.63) is 40.4 Å². The zero-order chi connectivity index (χ0) is 13.4. The maximum Gasteiger partial charge on any atom is 0.138 e. The molecule has 0 radical (unpaired) electrons. The zero-order valence-electron chi connectivity index (χ0n) is 10.1. The lowest BCUT2D eigenvalue weighted by molar-refractivity contribution is 0.140. The first-order chi connectivity index (χ1) is 8.65.